The highest BCUT2D eigenvalue weighted by Crippen LogP contribution is 2.21. The van der Waals surface area contributed by atoms with Crippen LogP contribution in [0.3, 0.4) is 0 Å². The van der Waals surface area contributed by atoms with Gasteiger partial charge in [0.15, 0.2) is 0 Å². The van der Waals surface area contributed by atoms with Gasteiger partial charge < -0.3 is 9.88 Å². The van der Waals surface area contributed by atoms with Crippen molar-refractivity contribution < 1.29 is 0 Å². The van der Waals surface area contributed by atoms with Crippen LogP contribution in [0.2, 0.25) is 0 Å². The summed E-state index contributed by atoms with van der Waals surface area (Å²) in [7, 11) is 2.00. The summed E-state index contributed by atoms with van der Waals surface area (Å²) in [5.74, 6) is 0. The van der Waals surface area contributed by atoms with E-state index in [2.05, 4.69) is 71.4 Å². The summed E-state index contributed by atoms with van der Waals surface area (Å²) in [5.41, 5.74) is 5.39. The summed E-state index contributed by atoms with van der Waals surface area (Å²) in [5, 5.41) is 4.58. The Labute approximate surface area is 126 Å². The van der Waals surface area contributed by atoms with Crippen LogP contribution in [-0.2, 0) is 19.5 Å². The molecule has 2 aromatic carbocycles. The smallest absolute Gasteiger partial charge is 0.0486 e. The van der Waals surface area contributed by atoms with Crippen LogP contribution < -0.4 is 5.32 Å². The molecule has 108 valence electrons. The Morgan fingerprint density at radius 3 is 2.38 bits per heavy atom. The lowest BCUT2D eigenvalue weighted by atomic mass is 10.1. The van der Waals surface area contributed by atoms with Crippen molar-refractivity contribution in [2.24, 2.45) is 0 Å². The maximum Gasteiger partial charge on any atom is 0.0486 e. The highest BCUT2D eigenvalue weighted by Gasteiger charge is 2.08. The van der Waals surface area contributed by atoms with Crippen molar-refractivity contribution in [2.45, 2.75) is 26.4 Å². The molecule has 0 amide bonds. The van der Waals surface area contributed by atoms with Crippen LogP contribution in [0.25, 0.3) is 10.9 Å². The number of para-hydroxylation sites is 1. The van der Waals surface area contributed by atoms with Crippen LogP contribution in [0.5, 0.6) is 0 Å². The topological polar surface area (TPSA) is 17.0 Å². The number of nitrogens with one attached hydrogen (secondary N) is 1. The molecule has 0 aliphatic rings. The molecule has 0 unspecified atom stereocenters. The molecule has 0 atom stereocenters. The van der Waals surface area contributed by atoms with Gasteiger partial charge in [-0.15, -0.1) is 0 Å². The Bertz CT molecular complexity index is 723. The Balaban J connectivity index is 1.99. The molecule has 0 bridgehead atoms. The molecular formula is C19H22N2. The molecule has 0 saturated carbocycles. The zero-order valence-electron chi connectivity index (χ0n) is 12.8. The number of aryl methyl sites for hydroxylation is 1. The van der Waals surface area contributed by atoms with E-state index in [0.29, 0.717) is 0 Å². The first-order valence-corrected chi connectivity index (χ1v) is 7.61. The second-order valence-electron chi connectivity index (χ2n) is 5.48. The van der Waals surface area contributed by atoms with Crippen LogP contribution in [-0.4, -0.2) is 11.6 Å². The fraction of sp³-hybridized carbons (Fsp3) is 0.263. The van der Waals surface area contributed by atoms with E-state index in [1.165, 1.54) is 27.7 Å². The summed E-state index contributed by atoms with van der Waals surface area (Å²) in [6.07, 6.45) is 1.09. The van der Waals surface area contributed by atoms with Crippen molar-refractivity contribution in [3.63, 3.8) is 0 Å². The first kappa shape index (κ1) is 13.9. The summed E-state index contributed by atoms with van der Waals surface area (Å²) in [6.45, 7) is 4.01. The van der Waals surface area contributed by atoms with Crippen molar-refractivity contribution in [3.8, 4) is 0 Å². The average molecular weight is 278 g/mol. The van der Waals surface area contributed by atoms with E-state index >= 15 is 0 Å². The number of benzene rings is 2. The lowest BCUT2D eigenvalue weighted by Gasteiger charge is -2.11. The third-order valence-electron chi connectivity index (χ3n) is 4.03. The molecule has 3 rings (SSSR count). The summed E-state index contributed by atoms with van der Waals surface area (Å²) < 4.78 is 2.41. The van der Waals surface area contributed by atoms with Gasteiger partial charge in [0.25, 0.3) is 0 Å². The zero-order valence-corrected chi connectivity index (χ0v) is 12.8. The van der Waals surface area contributed by atoms with Crippen LogP contribution in [0, 0.1) is 0 Å². The van der Waals surface area contributed by atoms with Gasteiger partial charge in [0.05, 0.1) is 0 Å². The van der Waals surface area contributed by atoms with Gasteiger partial charge in [0, 0.05) is 24.3 Å². The highest BCUT2D eigenvalue weighted by atomic mass is 15.0. The van der Waals surface area contributed by atoms with Gasteiger partial charge in [-0.3, -0.25) is 0 Å². The van der Waals surface area contributed by atoms with Gasteiger partial charge in [-0.1, -0.05) is 49.4 Å². The van der Waals surface area contributed by atoms with E-state index in [4.69, 9.17) is 0 Å². The van der Waals surface area contributed by atoms with Gasteiger partial charge >= 0.3 is 0 Å². The number of aromatic nitrogens is 1. The van der Waals surface area contributed by atoms with Gasteiger partial charge in [-0.2, -0.15) is 0 Å². The number of fused-ring (bicyclic) bond motifs is 1. The Hall–Kier alpha value is -2.06. The van der Waals surface area contributed by atoms with Crippen LogP contribution in [0.4, 0.5) is 0 Å². The molecule has 0 aliphatic heterocycles. The van der Waals surface area contributed by atoms with Crippen molar-refractivity contribution >= 4 is 10.9 Å². The number of hydrogen-bond donors (Lipinski definition) is 1. The SMILES string of the molecule is CCc1ccc(Cn2c(CNC)cc3ccccc32)cc1. The van der Waals surface area contributed by atoms with Crippen molar-refractivity contribution in [2.75, 3.05) is 7.05 Å². The molecule has 0 saturated heterocycles. The monoisotopic (exact) mass is 278 g/mol. The predicted molar refractivity (Wildman–Crippen MR) is 89.6 cm³/mol. The molecule has 0 radical (unpaired) electrons. The number of nitrogens with zero attached hydrogens (tertiary/aromatic N) is 1. The molecule has 1 aromatic heterocycles. The molecule has 0 fully saturated rings. The van der Waals surface area contributed by atoms with Crippen LogP contribution in [0.15, 0.2) is 54.6 Å². The third-order valence-corrected chi connectivity index (χ3v) is 4.03. The van der Waals surface area contributed by atoms with Crippen LogP contribution in [0.1, 0.15) is 23.7 Å². The van der Waals surface area contributed by atoms with E-state index in [1.807, 2.05) is 7.05 Å². The number of rotatable bonds is 5. The normalized spacial score (nSPS) is 11.1. The van der Waals surface area contributed by atoms with Crippen molar-refractivity contribution in [3.05, 3.63) is 71.4 Å². The van der Waals surface area contributed by atoms with Crippen LogP contribution >= 0.6 is 0 Å². The lowest BCUT2D eigenvalue weighted by Crippen LogP contribution is -2.11. The first-order valence-electron chi connectivity index (χ1n) is 7.61. The van der Waals surface area contributed by atoms with E-state index in [1.54, 1.807) is 0 Å². The fourth-order valence-electron chi connectivity index (χ4n) is 2.84. The minimum Gasteiger partial charge on any atom is -0.339 e. The predicted octanol–water partition coefficient (Wildman–Crippen LogP) is 3.97. The first-order chi connectivity index (χ1) is 10.3. The Kier molecular flexibility index (Phi) is 4.07. The van der Waals surface area contributed by atoms with Gasteiger partial charge in [-0.25, -0.2) is 0 Å². The molecule has 3 aromatic rings. The molecule has 0 aliphatic carbocycles. The Morgan fingerprint density at radius 2 is 1.67 bits per heavy atom. The molecule has 0 spiro atoms. The van der Waals surface area contributed by atoms with Crippen molar-refractivity contribution in [1.29, 1.82) is 0 Å². The molecule has 2 heteroatoms. The minimum atomic E-state index is 0.891. The second kappa shape index (κ2) is 6.15. The lowest BCUT2D eigenvalue weighted by molar-refractivity contribution is 0.709. The van der Waals surface area contributed by atoms with Gasteiger partial charge in [0.2, 0.25) is 0 Å². The summed E-state index contributed by atoms with van der Waals surface area (Å²) in [6, 6.07) is 19.9. The summed E-state index contributed by atoms with van der Waals surface area (Å²) >= 11 is 0. The quantitative estimate of drug-likeness (QED) is 0.747. The fourth-order valence-corrected chi connectivity index (χ4v) is 2.84. The molecule has 1 heterocycles. The number of hydrogen-bond acceptors (Lipinski definition) is 1. The summed E-state index contributed by atoms with van der Waals surface area (Å²) in [4.78, 5) is 0. The molecule has 2 nitrogen and oxygen atoms in total. The minimum absolute atomic E-state index is 0.891. The third kappa shape index (κ3) is 2.86. The molecule has 1 N–H and O–H groups in total. The van der Waals surface area contributed by atoms with E-state index in [9.17, 15) is 0 Å². The largest absolute Gasteiger partial charge is 0.339 e. The highest BCUT2D eigenvalue weighted by molar-refractivity contribution is 5.81. The second-order valence-corrected chi connectivity index (χ2v) is 5.48. The van der Waals surface area contributed by atoms with E-state index < -0.39 is 0 Å². The maximum absolute atomic E-state index is 3.27. The standard InChI is InChI=1S/C19H22N2/c1-3-15-8-10-16(11-9-15)14-21-18(13-20-2)12-17-6-4-5-7-19(17)21/h4-12,20H,3,13-14H2,1-2H3. The zero-order chi connectivity index (χ0) is 14.7. The average Bonchev–Trinajstić information content (AvgIpc) is 2.86. The molecule has 21 heavy (non-hydrogen) atoms. The van der Waals surface area contributed by atoms with Crippen molar-refractivity contribution in [1.82, 2.24) is 9.88 Å². The van der Waals surface area contributed by atoms with Gasteiger partial charge in [-0.05, 0) is 42.1 Å². The van der Waals surface area contributed by atoms with Gasteiger partial charge in [0.1, 0.15) is 0 Å². The maximum atomic E-state index is 3.27. The van der Waals surface area contributed by atoms with E-state index in [-0.39, 0.29) is 0 Å². The Morgan fingerprint density at radius 1 is 0.952 bits per heavy atom. The molecular weight excluding hydrogens is 256 g/mol. The van der Waals surface area contributed by atoms with E-state index in [0.717, 1.165) is 19.5 Å².